The zero-order valence-corrected chi connectivity index (χ0v) is 9.57. The maximum Gasteiger partial charge on any atom is 0.306 e. The summed E-state index contributed by atoms with van der Waals surface area (Å²) in [5, 5.41) is 11.5. The summed E-state index contributed by atoms with van der Waals surface area (Å²) in [6, 6.07) is 0. The van der Waals surface area contributed by atoms with E-state index in [1.54, 1.807) is 0 Å². The number of ether oxygens (including phenoxy) is 1. The second-order valence-corrected chi connectivity index (χ2v) is 4.17. The molecule has 0 saturated heterocycles. The maximum absolute atomic E-state index is 10.7. The highest BCUT2D eigenvalue weighted by Gasteiger charge is 2.25. The van der Waals surface area contributed by atoms with Crippen molar-refractivity contribution >= 4 is 11.9 Å². The summed E-state index contributed by atoms with van der Waals surface area (Å²) in [5.74, 6) is -0.954. The van der Waals surface area contributed by atoms with Crippen LogP contribution >= 0.6 is 0 Å². The Morgan fingerprint density at radius 1 is 1.31 bits per heavy atom. The first-order valence-electron chi connectivity index (χ1n) is 5.68. The van der Waals surface area contributed by atoms with Crippen LogP contribution in [0.2, 0.25) is 0 Å². The van der Waals surface area contributed by atoms with Gasteiger partial charge in [0.2, 0.25) is 5.91 Å². The molecule has 0 aromatic rings. The normalized spacial score (nSPS) is 25.1. The molecule has 2 N–H and O–H groups in total. The highest BCUT2D eigenvalue weighted by Crippen LogP contribution is 2.26. The lowest BCUT2D eigenvalue weighted by molar-refractivity contribution is -0.143. The van der Waals surface area contributed by atoms with Crippen LogP contribution in [0.4, 0.5) is 0 Å². The van der Waals surface area contributed by atoms with Gasteiger partial charge in [-0.3, -0.25) is 9.59 Å². The molecule has 0 aromatic heterocycles. The number of carbonyl (C=O) groups excluding carboxylic acids is 1. The first kappa shape index (κ1) is 13.0. The van der Waals surface area contributed by atoms with Crippen molar-refractivity contribution in [3.63, 3.8) is 0 Å². The highest BCUT2D eigenvalue weighted by molar-refractivity contribution is 5.72. The van der Waals surface area contributed by atoms with E-state index in [9.17, 15) is 9.59 Å². The predicted octanol–water partition coefficient (Wildman–Crippen LogP) is 0.782. The smallest absolute Gasteiger partial charge is 0.306 e. The fraction of sp³-hybridized carbons (Fsp3) is 0.818. The molecule has 1 aliphatic carbocycles. The van der Waals surface area contributed by atoms with Gasteiger partial charge in [0, 0.05) is 13.5 Å². The second kappa shape index (κ2) is 6.48. The van der Waals surface area contributed by atoms with E-state index in [2.05, 4.69) is 5.32 Å². The molecule has 0 spiro atoms. The molecule has 0 aliphatic heterocycles. The average Bonchev–Trinajstić information content (AvgIpc) is 2.25. The number of nitrogens with one attached hydrogen (secondary N) is 1. The summed E-state index contributed by atoms with van der Waals surface area (Å²) < 4.78 is 5.55. The maximum atomic E-state index is 10.7. The molecule has 0 radical (unpaired) electrons. The molecule has 5 nitrogen and oxygen atoms in total. The van der Waals surface area contributed by atoms with Crippen LogP contribution < -0.4 is 5.32 Å². The van der Waals surface area contributed by atoms with Gasteiger partial charge in [-0.2, -0.15) is 0 Å². The van der Waals surface area contributed by atoms with Crippen molar-refractivity contribution in [2.75, 3.05) is 13.2 Å². The Morgan fingerprint density at radius 2 is 1.94 bits per heavy atom. The molecule has 0 atom stereocenters. The van der Waals surface area contributed by atoms with Gasteiger partial charge in [0.05, 0.1) is 18.6 Å². The summed E-state index contributed by atoms with van der Waals surface area (Å²) in [7, 11) is 0. The number of rotatable bonds is 5. The van der Waals surface area contributed by atoms with Gasteiger partial charge < -0.3 is 15.2 Å². The minimum absolute atomic E-state index is 0.0572. The van der Waals surface area contributed by atoms with E-state index in [1.165, 1.54) is 6.92 Å². The molecule has 0 heterocycles. The largest absolute Gasteiger partial charge is 0.481 e. The van der Waals surface area contributed by atoms with Gasteiger partial charge in [0.25, 0.3) is 0 Å². The van der Waals surface area contributed by atoms with E-state index < -0.39 is 5.97 Å². The molecule has 1 amide bonds. The van der Waals surface area contributed by atoms with Gasteiger partial charge in [-0.1, -0.05) is 0 Å². The molecular formula is C11H19NO4. The molecule has 1 fully saturated rings. The fourth-order valence-electron chi connectivity index (χ4n) is 1.93. The highest BCUT2D eigenvalue weighted by atomic mass is 16.5. The Balaban J connectivity index is 2.08. The molecule has 1 aliphatic rings. The van der Waals surface area contributed by atoms with Crippen molar-refractivity contribution in [1.82, 2.24) is 5.32 Å². The topological polar surface area (TPSA) is 75.6 Å². The standard InChI is InChI=1S/C11H19NO4/c1-8(13)12-6-7-16-10-4-2-9(3-5-10)11(14)15/h9-10H,2-7H2,1H3,(H,12,13)(H,14,15). The molecule has 16 heavy (non-hydrogen) atoms. The van der Waals surface area contributed by atoms with Gasteiger partial charge in [-0.15, -0.1) is 0 Å². The van der Waals surface area contributed by atoms with Crippen LogP contribution in [-0.4, -0.2) is 36.2 Å². The average molecular weight is 229 g/mol. The van der Waals surface area contributed by atoms with Crippen LogP contribution in [0.5, 0.6) is 0 Å². The summed E-state index contributed by atoms with van der Waals surface area (Å²) in [4.78, 5) is 21.3. The van der Waals surface area contributed by atoms with Crippen LogP contribution in [0.3, 0.4) is 0 Å². The van der Waals surface area contributed by atoms with Gasteiger partial charge in [-0.25, -0.2) is 0 Å². The number of carboxylic acid groups (broad SMARTS) is 1. The molecule has 1 saturated carbocycles. The number of hydrogen-bond acceptors (Lipinski definition) is 3. The van der Waals surface area contributed by atoms with Gasteiger partial charge >= 0.3 is 5.97 Å². The molecule has 0 unspecified atom stereocenters. The molecule has 0 bridgehead atoms. The summed E-state index contributed by atoms with van der Waals surface area (Å²) in [6.45, 7) is 2.49. The quantitative estimate of drug-likeness (QED) is 0.683. The van der Waals surface area contributed by atoms with Gasteiger partial charge in [-0.05, 0) is 25.7 Å². The predicted molar refractivity (Wildman–Crippen MR) is 58.0 cm³/mol. The van der Waals surface area contributed by atoms with Crippen molar-refractivity contribution < 1.29 is 19.4 Å². The Hall–Kier alpha value is -1.10. The Labute approximate surface area is 95.2 Å². The lowest BCUT2D eigenvalue weighted by Crippen LogP contribution is -2.30. The van der Waals surface area contributed by atoms with E-state index in [4.69, 9.17) is 9.84 Å². The lowest BCUT2D eigenvalue weighted by Gasteiger charge is -2.26. The summed E-state index contributed by atoms with van der Waals surface area (Å²) in [5.41, 5.74) is 0. The van der Waals surface area contributed by atoms with E-state index >= 15 is 0 Å². The monoisotopic (exact) mass is 229 g/mol. The zero-order valence-electron chi connectivity index (χ0n) is 9.57. The zero-order chi connectivity index (χ0) is 12.0. The number of amides is 1. The van der Waals surface area contributed by atoms with E-state index in [0.29, 0.717) is 26.0 Å². The minimum atomic E-state index is -0.698. The molecular weight excluding hydrogens is 210 g/mol. The van der Waals surface area contributed by atoms with E-state index in [-0.39, 0.29) is 17.9 Å². The number of hydrogen-bond donors (Lipinski definition) is 2. The third-order valence-electron chi connectivity index (χ3n) is 2.85. The Morgan fingerprint density at radius 3 is 2.44 bits per heavy atom. The molecule has 1 rings (SSSR count). The van der Waals surface area contributed by atoms with Crippen molar-refractivity contribution in [3.8, 4) is 0 Å². The van der Waals surface area contributed by atoms with Crippen molar-refractivity contribution in [2.45, 2.75) is 38.7 Å². The van der Waals surface area contributed by atoms with E-state index in [0.717, 1.165) is 12.8 Å². The van der Waals surface area contributed by atoms with Crippen LogP contribution in [0, 0.1) is 5.92 Å². The number of aliphatic carboxylic acids is 1. The van der Waals surface area contributed by atoms with Crippen molar-refractivity contribution in [1.29, 1.82) is 0 Å². The van der Waals surface area contributed by atoms with Crippen LogP contribution in [-0.2, 0) is 14.3 Å². The third kappa shape index (κ3) is 4.61. The molecule has 0 aromatic carbocycles. The molecule has 92 valence electrons. The van der Waals surface area contributed by atoms with Crippen molar-refractivity contribution in [3.05, 3.63) is 0 Å². The third-order valence-corrected chi connectivity index (χ3v) is 2.85. The van der Waals surface area contributed by atoms with Crippen LogP contribution in [0.25, 0.3) is 0 Å². The van der Waals surface area contributed by atoms with Crippen molar-refractivity contribution in [2.24, 2.45) is 5.92 Å². The second-order valence-electron chi connectivity index (χ2n) is 4.17. The molecule has 5 heteroatoms. The van der Waals surface area contributed by atoms with Gasteiger partial charge in [0.1, 0.15) is 0 Å². The Kier molecular flexibility index (Phi) is 5.25. The van der Waals surface area contributed by atoms with Gasteiger partial charge in [0.15, 0.2) is 0 Å². The number of carboxylic acids is 1. The minimum Gasteiger partial charge on any atom is -0.481 e. The summed E-state index contributed by atoms with van der Waals surface area (Å²) >= 11 is 0. The fourth-order valence-corrected chi connectivity index (χ4v) is 1.93. The number of carbonyl (C=O) groups is 2. The van der Waals surface area contributed by atoms with Crippen LogP contribution in [0.15, 0.2) is 0 Å². The first-order chi connectivity index (χ1) is 7.59. The SMILES string of the molecule is CC(=O)NCCOC1CCC(C(=O)O)CC1. The van der Waals surface area contributed by atoms with Crippen LogP contribution in [0.1, 0.15) is 32.6 Å². The van der Waals surface area contributed by atoms with E-state index in [1.807, 2.05) is 0 Å². The first-order valence-corrected chi connectivity index (χ1v) is 5.68. The Bertz CT molecular complexity index is 246. The lowest BCUT2D eigenvalue weighted by atomic mass is 9.87. The summed E-state index contributed by atoms with van der Waals surface area (Å²) in [6.07, 6.45) is 3.15.